The highest BCUT2D eigenvalue weighted by Gasteiger charge is 2.22. The van der Waals surface area contributed by atoms with E-state index in [-0.39, 0.29) is 17.7 Å². The number of phenols is 1. The highest BCUT2D eigenvalue weighted by atomic mass is 32.1. The van der Waals surface area contributed by atoms with Gasteiger partial charge in [0.25, 0.3) is 0 Å². The molecule has 1 unspecified atom stereocenters. The summed E-state index contributed by atoms with van der Waals surface area (Å²) >= 11 is 1.66. The Morgan fingerprint density at radius 3 is 2.37 bits per heavy atom. The van der Waals surface area contributed by atoms with E-state index in [2.05, 4.69) is 52.4 Å². The number of carbonyl (C=O) groups is 1. The molecule has 0 bridgehead atoms. The smallest absolute Gasteiger partial charge is 0.234 e. The van der Waals surface area contributed by atoms with Crippen LogP contribution >= 0.6 is 11.3 Å². The van der Waals surface area contributed by atoms with Crippen LogP contribution in [0.4, 0.5) is 5.69 Å². The van der Waals surface area contributed by atoms with Crippen LogP contribution in [-0.4, -0.2) is 48.6 Å². The first kappa shape index (κ1) is 20.4. The summed E-state index contributed by atoms with van der Waals surface area (Å²) in [6.07, 6.45) is 0. The largest absolute Gasteiger partial charge is 0.508 e. The van der Waals surface area contributed by atoms with Gasteiger partial charge in [0.05, 0.1) is 12.6 Å². The number of piperazine rings is 1. The molecule has 0 aliphatic carbocycles. The number of hydrogen-bond acceptors (Lipinski definition) is 5. The van der Waals surface area contributed by atoms with Crippen LogP contribution in [0.5, 0.6) is 5.75 Å². The second-order valence-corrected chi connectivity index (χ2v) is 8.69. The van der Waals surface area contributed by atoms with Crippen molar-refractivity contribution in [2.24, 2.45) is 0 Å². The number of thiophene rings is 1. The van der Waals surface area contributed by atoms with Crippen molar-refractivity contribution in [1.82, 2.24) is 10.2 Å². The molecule has 1 aromatic heterocycles. The molecule has 2 N–H and O–H groups in total. The van der Waals surface area contributed by atoms with Crippen LogP contribution in [0.1, 0.15) is 22.0 Å². The molecule has 1 atom stereocenters. The first-order valence-corrected chi connectivity index (χ1v) is 11.1. The zero-order valence-electron chi connectivity index (χ0n) is 17.1. The van der Waals surface area contributed by atoms with Crippen molar-refractivity contribution < 1.29 is 9.90 Å². The molecule has 1 saturated heterocycles. The van der Waals surface area contributed by atoms with E-state index in [0.29, 0.717) is 6.54 Å². The van der Waals surface area contributed by atoms with Crippen LogP contribution in [0.2, 0.25) is 0 Å². The summed E-state index contributed by atoms with van der Waals surface area (Å²) in [5.41, 5.74) is 3.42. The lowest BCUT2D eigenvalue weighted by Crippen LogP contribution is -2.49. The van der Waals surface area contributed by atoms with Gasteiger partial charge in [-0.2, -0.15) is 0 Å². The normalized spacial score (nSPS) is 15.7. The SMILES string of the molecule is Cc1ccc(C(NC(=O)CN2CCN(c3ccc(O)cc3)CC2)c2cccs2)cc1. The number of carbonyl (C=O) groups excluding carboxylic acids is 1. The molecule has 4 rings (SSSR count). The van der Waals surface area contributed by atoms with Gasteiger partial charge < -0.3 is 15.3 Å². The van der Waals surface area contributed by atoms with Gasteiger partial charge in [-0.25, -0.2) is 0 Å². The van der Waals surface area contributed by atoms with Gasteiger partial charge >= 0.3 is 0 Å². The average molecular weight is 422 g/mol. The molecule has 1 aliphatic rings. The average Bonchev–Trinajstić information content (AvgIpc) is 3.29. The van der Waals surface area contributed by atoms with E-state index in [0.717, 1.165) is 42.3 Å². The van der Waals surface area contributed by atoms with Crippen molar-refractivity contribution in [2.45, 2.75) is 13.0 Å². The van der Waals surface area contributed by atoms with Crippen molar-refractivity contribution in [2.75, 3.05) is 37.6 Å². The molecule has 2 heterocycles. The van der Waals surface area contributed by atoms with Gasteiger partial charge in [-0.05, 0) is 48.2 Å². The van der Waals surface area contributed by atoms with Gasteiger partial charge in [0, 0.05) is 36.7 Å². The Balaban J connectivity index is 1.35. The zero-order chi connectivity index (χ0) is 20.9. The standard InChI is InChI=1S/C24H27N3O2S/c1-18-4-6-19(7-5-18)24(22-3-2-16-30-22)25-23(29)17-26-12-14-27(15-13-26)20-8-10-21(28)11-9-20/h2-11,16,24,28H,12-15,17H2,1H3,(H,25,29). The molecule has 1 aliphatic heterocycles. The third kappa shape index (κ3) is 5.01. The molecule has 1 amide bonds. The molecular weight excluding hydrogens is 394 g/mol. The van der Waals surface area contributed by atoms with Crippen molar-refractivity contribution in [1.29, 1.82) is 0 Å². The van der Waals surface area contributed by atoms with Gasteiger partial charge in [0.15, 0.2) is 0 Å². The third-order valence-corrected chi connectivity index (χ3v) is 6.44. The molecule has 0 spiro atoms. The maximum Gasteiger partial charge on any atom is 0.234 e. The Morgan fingerprint density at radius 1 is 1.03 bits per heavy atom. The summed E-state index contributed by atoms with van der Waals surface area (Å²) < 4.78 is 0. The first-order chi connectivity index (χ1) is 14.6. The molecule has 156 valence electrons. The lowest BCUT2D eigenvalue weighted by atomic mass is 10.0. The van der Waals surface area contributed by atoms with Crippen molar-refractivity contribution in [3.8, 4) is 5.75 Å². The molecule has 0 saturated carbocycles. The second-order valence-electron chi connectivity index (χ2n) is 7.71. The van der Waals surface area contributed by atoms with Crippen molar-refractivity contribution >= 4 is 22.9 Å². The molecule has 30 heavy (non-hydrogen) atoms. The maximum absolute atomic E-state index is 12.9. The topological polar surface area (TPSA) is 55.8 Å². The minimum absolute atomic E-state index is 0.0482. The predicted octanol–water partition coefficient (Wildman–Crippen LogP) is 3.79. The molecule has 0 radical (unpaired) electrons. The minimum Gasteiger partial charge on any atom is -0.508 e. The fourth-order valence-corrected chi connectivity index (χ4v) is 4.57. The minimum atomic E-state index is -0.114. The van der Waals surface area contributed by atoms with Crippen LogP contribution < -0.4 is 10.2 Å². The van der Waals surface area contributed by atoms with E-state index in [1.165, 1.54) is 5.56 Å². The Labute approximate surface area is 181 Å². The summed E-state index contributed by atoms with van der Waals surface area (Å²) in [6.45, 7) is 5.87. The highest BCUT2D eigenvalue weighted by molar-refractivity contribution is 7.10. The van der Waals surface area contributed by atoms with E-state index >= 15 is 0 Å². The summed E-state index contributed by atoms with van der Waals surface area (Å²) in [5, 5.41) is 14.7. The Bertz CT molecular complexity index is 947. The number of phenolic OH excluding ortho intramolecular Hbond substituents is 1. The highest BCUT2D eigenvalue weighted by Crippen LogP contribution is 2.26. The lowest BCUT2D eigenvalue weighted by Gasteiger charge is -2.36. The lowest BCUT2D eigenvalue weighted by molar-refractivity contribution is -0.122. The number of amides is 1. The quantitative estimate of drug-likeness (QED) is 0.636. The number of benzene rings is 2. The van der Waals surface area contributed by atoms with Crippen LogP contribution in [0.15, 0.2) is 66.0 Å². The van der Waals surface area contributed by atoms with E-state index in [4.69, 9.17) is 0 Å². The maximum atomic E-state index is 12.9. The Morgan fingerprint density at radius 2 is 1.73 bits per heavy atom. The van der Waals surface area contributed by atoms with Crippen molar-refractivity contribution in [3.63, 3.8) is 0 Å². The number of rotatable bonds is 6. The summed E-state index contributed by atoms with van der Waals surface area (Å²) in [4.78, 5) is 18.5. The summed E-state index contributed by atoms with van der Waals surface area (Å²) in [7, 11) is 0. The van der Waals surface area contributed by atoms with E-state index < -0.39 is 0 Å². The van der Waals surface area contributed by atoms with Gasteiger partial charge in [-0.3, -0.25) is 9.69 Å². The summed E-state index contributed by atoms with van der Waals surface area (Å²) in [5.74, 6) is 0.329. The molecule has 3 aromatic rings. The van der Waals surface area contributed by atoms with Crippen LogP contribution in [0, 0.1) is 6.92 Å². The molecule has 5 nitrogen and oxygen atoms in total. The second kappa shape index (κ2) is 9.32. The number of nitrogens with one attached hydrogen (secondary N) is 1. The van der Waals surface area contributed by atoms with Gasteiger partial charge in [0.1, 0.15) is 5.75 Å². The van der Waals surface area contributed by atoms with Crippen LogP contribution in [0.3, 0.4) is 0 Å². The van der Waals surface area contributed by atoms with E-state index in [1.54, 1.807) is 23.5 Å². The number of aryl methyl sites for hydroxylation is 1. The third-order valence-electron chi connectivity index (χ3n) is 5.50. The van der Waals surface area contributed by atoms with Crippen LogP contribution in [-0.2, 0) is 4.79 Å². The molecule has 2 aromatic carbocycles. The van der Waals surface area contributed by atoms with Crippen LogP contribution in [0.25, 0.3) is 0 Å². The number of hydrogen-bond donors (Lipinski definition) is 2. The first-order valence-electron chi connectivity index (χ1n) is 10.2. The Hall–Kier alpha value is -2.83. The Kier molecular flexibility index (Phi) is 6.35. The number of anilines is 1. The number of aromatic hydroxyl groups is 1. The fourth-order valence-electron chi connectivity index (χ4n) is 3.77. The molecule has 1 fully saturated rings. The van der Waals surface area contributed by atoms with E-state index in [9.17, 15) is 9.90 Å². The van der Waals surface area contributed by atoms with Crippen molar-refractivity contribution in [3.05, 3.63) is 82.0 Å². The predicted molar refractivity (Wildman–Crippen MR) is 122 cm³/mol. The zero-order valence-corrected chi connectivity index (χ0v) is 17.9. The molecule has 6 heteroatoms. The van der Waals surface area contributed by atoms with E-state index in [1.807, 2.05) is 23.6 Å². The summed E-state index contributed by atoms with van der Waals surface area (Å²) in [6, 6.07) is 19.6. The molecular formula is C24H27N3O2S. The van der Waals surface area contributed by atoms with Gasteiger partial charge in [-0.15, -0.1) is 11.3 Å². The van der Waals surface area contributed by atoms with Gasteiger partial charge in [0.2, 0.25) is 5.91 Å². The fraction of sp³-hybridized carbons (Fsp3) is 0.292. The monoisotopic (exact) mass is 421 g/mol. The van der Waals surface area contributed by atoms with Gasteiger partial charge in [-0.1, -0.05) is 35.9 Å². The number of nitrogens with zero attached hydrogens (tertiary/aromatic N) is 2.